The van der Waals surface area contributed by atoms with E-state index in [1.54, 1.807) is 42.5 Å². The zero-order chi connectivity index (χ0) is 19.4. The maximum Gasteiger partial charge on any atom is 0.255 e. The fraction of sp³-hybridized carbons (Fsp3) is 0.316. The number of nitrogens with zero attached hydrogens (tertiary/aromatic N) is 1. The van der Waals surface area contributed by atoms with Gasteiger partial charge in [0.1, 0.15) is 11.5 Å². The monoisotopic (exact) mass is 390 g/mol. The lowest BCUT2D eigenvalue weighted by Crippen LogP contribution is -2.37. The van der Waals surface area contributed by atoms with Gasteiger partial charge < -0.3 is 14.8 Å². The van der Waals surface area contributed by atoms with Crippen LogP contribution in [0, 0.1) is 0 Å². The highest BCUT2D eigenvalue weighted by atomic mass is 32.2. The Morgan fingerprint density at radius 1 is 1.07 bits per heavy atom. The molecule has 0 saturated carbocycles. The van der Waals surface area contributed by atoms with Crippen LogP contribution in [-0.4, -0.2) is 40.8 Å². The minimum Gasteiger partial charge on any atom is -0.497 e. The quantitative estimate of drug-likeness (QED) is 0.849. The van der Waals surface area contributed by atoms with Gasteiger partial charge >= 0.3 is 0 Å². The first-order valence-corrected chi connectivity index (χ1v) is 10.2. The van der Waals surface area contributed by atoms with Gasteiger partial charge in [0.25, 0.3) is 5.91 Å². The second kappa shape index (κ2) is 7.87. The van der Waals surface area contributed by atoms with Crippen molar-refractivity contribution in [1.82, 2.24) is 0 Å². The molecule has 1 fully saturated rings. The number of benzene rings is 2. The molecule has 0 spiro atoms. The van der Waals surface area contributed by atoms with Crippen LogP contribution in [-0.2, 0) is 10.0 Å². The Morgan fingerprint density at radius 3 is 2.59 bits per heavy atom. The molecule has 1 amide bonds. The average molecular weight is 390 g/mol. The summed E-state index contributed by atoms with van der Waals surface area (Å²) in [5.74, 6) is 0.848. The van der Waals surface area contributed by atoms with Gasteiger partial charge in [-0.1, -0.05) is 6.07 Å². The van der Waals surface area contributed by atoms with E-state index in [1.165, 1.54) is 18.5 Å². The number of hydrogen-bond donors (Lipinski definition) is 1. The standard InChI is InChI=1S/C19H22N2O5S/c1-25-16-8-9-18(26-2)17(13-16)20-19(22)14-6-5-7-15(12-14)21-10-3-4-11-27(21,23)24/h5-9,12-13H,3-4,10-11H2,1-2H3,(H,20,22). The van der Waals surface area contributed by atoms with E-state index in [2.05, 4.69) is 5.32 Å². The number of amides is 1. The van der Waals surface area contributed by atoms with Crippen molar-refractivity contribution < 1.29 is 22.7 Å². The third-order valence-electron chi connectivity index (χ3n) is 4.40. The van der Waals surface area contributed by atoms with E-state index in [9.17, 15) is 13.2 Å². The van der Waals surface area contributed by atoms with Crippen molar-refractivity contribution >= 4 is 27.3 Å². The molecule has 2 aromatic rings. The molecule has 3 rings (SSSR count). The Balaban J connectivity index is 1.86. The van der Waals surface area contributed by atoms with Crippen molar-refractivity contribution in [2.75, 3.05) is 36.1 Å². The van der Waals surface area contributed by atoms with Gasteiger partial charge in [-0.15, -0.1) is 0 Å². The molecule has 1 N–H and O–H groups in total. The summed E-state index contributed by atoms with van der Waals surface area (Å²) in [4.78, 5) is 12.7. The number of methoxy groups -OCH3 is 2. The second-order valence-electron chi connectivity index (χ2n) is 6.17. The molecule has 1 aliphatic heterocycles. The van der Waals surface area contributed by atoms with E-state index in [0.29, 0.717) is 41.4 Å². The van der Waals surface area contributed by atoms with Crippen LogP contribution >= 0.6 is 0 Å². The lowest BCUT2D eigenvalue weighted by Gasteiger charge is -2.28. The SMILES string of the molecule is COc1ccc(OC)c(NC(=O)c2cccc(N3CCCCS3(=O)=O)c2)c1. The molecule has 2 aromatic carbocycles. The summed E-state index contributed by atoms with van der Waals surface area (Å²) in [6.45, 7) is 0.428. The molecule has 0 atom stereocenters. The first-order valence-electron chi connectivity index (χ1n) is 8.58. The average Bonchev–Trinajstić information content (AvgIpc) is 2.67. The second-order valence-corrected chi connectivity index (χ2v) is 8.18. The molecule has 0 bridgehead atoms. The van der Waals surface area contributed by atoms with Crippen molar-refractivity contribution in [2.45, 2.75) is 12.8 Å². The lowest BCUT2D eigenvalue weighted by atomic mass is 10.1. The van der Waals surface area contributed by atoms with Gasteiger partial charge in [0.15, 0.2) is 0 Å². The fourth-order valence-electron chi connectivity index (χ4n) is 2.99. The van der Waals surface area contributed by atoms with E-state index >= 15 is 0 Å². The summed E-state index contributed by atoms with van der Waals surface area (Å²) >= 11 is 0. The molecule has 0 radical (unpaired) electrons. The van der Waals surface area contributed by atoms with Crippen LogP contribution in [0.3, 0.4) is 0 Å². The van der Waals surface area contributed by atoms with Crippen molar-refractivity contribution in [3.63, 3.8) is 0 Å². The summed E-state index contributed by atoms with van der Waals surface area (Å²) in [6, 6.07) is 11.7. The van der Waals surface area contributed by atoms with E-state index in [1.807, 2.05) is 0 Å². The molecule has 1 heterocycles. The van der Waals surface area contributed by atoms with Gasteiger partial charge in [-0.2, -0.15) is 0 Å². The van der Waals surface area contributed by atoms with E-state index in [-0.39, 0.29) is 11.7 Å². The molecule has 0 aliphatic carbocycles. The molecule has 0 aromatic heterocycles. The Labute approximate surface area is 158 Å². The molecule has 27 heavy (non-hydrogen) atoms. The van der Waals surface area contributed by atoms with Gasteiger partial charge in [0.05, 0.1) is 31.3 Å². The number of ether oxygens (including phenoxy) is 2. The van der Waals surface area contributed by atoms with Crippen molar-refractivity contribution in [3.8, 4) is 11.5 Å². The Hall–Kier alpha value is -2.74. The van der Waals surface area contributed by atoms with Crippen molar-refractivity contribution in [2.24, 2.45) is 0 Å². The third-order valence-corrected chi connectivity index (χ3v) is 6.27. The van der Waals surface area contributed by atoms with E-state index in [4.69, 9.17) is 9.47 Å². The molecule has 144 valence electrons. The van der Waals surface area contributed by atoms with Crippen LogP contribution in [0.5, 0.6) is 11.5 Å². The maximum atomic E-state index is 12.7. The number of hydrogen-bond acceptors (Lipinski definition) is 5. The van der Waals surface area contributed by atoms with Crippen LogP contribution in [0.4, 0.5) is 11.4 Å². The van der Waals surface area contributed by atoms with Crippen molar-refractivity contribution in [3.05, 3.63) is 48.0 Å². The number of sulfonamides is 1. The van der Waals surface area contributed by atoms with Crippen molar-refractivity contribution in [1.29, 1.82) is 0 Å². The zero-order valence-electron chi connectivity index (χ0n) is 15.3. The maximum absolute atomic E-state index is 12.7. The number of anilines is 2. The minimum atomic E-state index is -3.33. The predicted molar refractivity (Wildman–Crippen MR) is 104 cm³/mol. The molecule has 1 aliphatic rings. The summed E-state index contributed by atoms with van der Waals surface area (Å²) in [6.07, 6.45) is 1.46. The zero-order valence-corrected chi connectivity index (χ0v) is 16.1. The molecule has 1 saturated heterocycles. The molecule has 0 unspecified atom stereocenters. The molecule has 7 nitrogen and oxygen atoms in total. The summed E-state index contributed by atoms with van der Waals surface area (Å²) < 4.78 is 36.4. The van der Waals surface area contributed by atoms with Gasteiger partial charge in [-0.05, 0) is 43.2 Å². The van der Waals surface area contributed by atoms with Crippen LogP contribution in [0.15, 0.2) is 42.5 Å². The number of carbonyl (C=O) groups excluding carboxylic acids is 1. The Morgan fingerprint density at radius 2 is 1.89 bits per heavy atom. The van der Waals surface area contributed by atoms with E-state index in [0.717, 1.165) is 6.42 Å². The van der Waals surface area contributed by atoms with Crippen LogP contribution < -0.4 is 19.1 Å². The van der Waals surface area contributed by atoms with Gasteiger partial charge in [-0.25, -0.2) is 8.42 Å². The van der Waals surface area contributed by atoms with E-state index < -0.39 is 10.0 Å². The Bertz CT molecular complexity index is 943. The van der Waals surface area contributed by atoms with Gasteiger partial charge in [0.2, 0.25) is 10.0 Å². The van der Waals surface area contributed by atoms with Gasteiger partial charge in [-0.3, -0.25) is 9.10 Å². The first kappa shape index (κ1) is 19.0. The summed E-state index contributed by atoms with van der Waals surface area (Å²) in [5, 5.41) is 2.79. The highest BCUT2D eigenvalue weighted by molar-refractivity contribution is 7.92. The van der Waals surface area contributed by atoms with Crippen LogP contribution in [0.2, 0.25) is 0 Å². The number of nitrogens with one attached hydrogen (secondary N) is 1. The molecular weight excluding hydrogens is 368 g/mol. The number of rotatable bonds is 5. The Kier molecular flexibility index (Phi) is 5.55. The third kappa shape index (κ3) is 4.16. The largest absolute Gasteiger partial charge is 0.497 e. The summed E-state index contributed by atoms with van der Waals surface area (Å²) in [7, 11) is -0.282. The summed E-state index contributed by atoms with van der Waals surface area (Å²) in [5.41, 5.74) is 1.33. The normalized spacial score (nSPS) is 15.9. The highest BCUT2D eigenvalue weighted by Gasteiger charge is 2.26. The van der Waals surface area contributed by atoms with Crippen LogP contribution in [0.1, 0.15) is 23.2 Å². The number of carbonyl (C=O) groups is 1. The fourth-order valence-corrected chi connectivity index (χ4v) is 4.62. The predicted octanol–water partition coefficient (Wildman–Crippen LogP) is 2.89. The topological polar surface area (TPSA) is 84.9 Å². The smallest absolute Gasteiger partial charge is 0.255 e. The molecule has 8 heteroatoms. The lowest BCUT2D eigenvalue weighted by molar-refractivity contribution is 0.102. The van der Waals surface area contributed by atoms with Gasteiger partial charge in [0, 0.05) is 18.2 Å². The first-order chi connectivity index (χ1) is 12.9. The van der Waals surface area contributed by atoms with Crippen LogP contribution in [0.25, 0.3) is 0 Å². The minimum absolute atomic E-state index is 0.129. The highest BCUT2D eigenvalue weighted by Crippen LogP contribution is 2.30. The molecular formula is C19H22N2O5S.